The molecular weight excluding hydrogens is 132 g/mol. The van der Waals surface area contributed by atoms with Crippen molar-refractivity contribution >= 4 is 0 Å². The number of nitrogens with zero attached hydrogens (tertiary/aromatic N) is 2. The summed E-state index contributed by atoms with van der Waals surface area (Å²) in [6.45, 7) is 6.42. The first kappa shape index (κ1) is 9.36. The van der Waals surface area contributed by atoms with Crippen molar-refractivity contribution in [3.05, 3.63) is 10.1 Å². The van der Waals surface area contributed by atoms with Crippen molar-refractivity contribution in [1.82, 2.24) is 4.90 Å². The van der Waals surface area contributed by atoms with Crippen LogP contribution in [-0.4, -0.2) is 36.0 Å². The Morgan fingerprint density at radius 3 is 2.20 bits per heavy atom. The van der Waals surface area contributed by atoms with Gasteiger partial charge < -0.3 is 0 Å². The van der Waals surface area contributed by atoms with Gasteiger partial charge in [-0.15, -0.1) is 0 Å². The van der Waals surface area contributed by atoms with Crippen molar-refractivity contribution < 1.29 is 4.92 Å². The summed E-state index contributed by atoms with van der Waals surface area (Å²) in [5, 5.41) is 9.91. The molecule has 0 aromatic heterocycles. The number of hydrogen-bond donors (Lipinski definition) is 0. The standard InChI is InChI=1S/C6H14N2O2/c1-3-7(4-2)5-6-8(9)10/h3-6H2,1-2H3. The summed E-state index contributed by atoms with van der Waals surface area (Å²) in [7, 11) is 0. The summed E-state index contributed by atoms with van der Waals surface area (Å²) in [6, 6.07) is 0. The van der Waals surface area contributed by atoms with Crippen LogP contribution in [0.3, 0.4) is 0 Å². The third kappa shape index (κ3) is 4.26. The molecule has 0 radical (unpaired) electrons. The molecule has 0 aliphatic carbocycles. The first-order chi connectivity index (χ1) is 4.70. The Kier molecular flexibility index (Phi) is 4.84. The highest BCUT2D eigenvalue weighted by Gasteiger charge is 2.02. The fourth-order valence-electron chi connectivity index (χ4n) is 0.763. The largest absolute Gasteiger partial charge is 0.298 e. The molecule has 0 amide bonds. The van der Waals surface area contributed by atoms with Crippen LogP contribution in [0.2, 0.25) is 0 Å². The molecule has 0 aromatic rings. The Balaban J connectivity index is 3.34. The minimum absolute atomic E-state index is 0.0572. The van der Waals surface area contributed by atoms with Crippen LogP contribution in [0, 0.1) is 10.1 Å². The van der Waals surface area contributed by atoms with E-state index in [1.165, 1.54) is 0 Å². The Morgan fingerprint density at radius 2 is 1.90 bits per heavy atom. The SMILES string of the molecule is CCN(CC)CC[N+](=O)[O-]. The van der Waals surface area contributed by atoms with Crippen molar-refractivity contribution in [1.29, 1.82) is 0 Å². The Hall–Kier alpha value is -0.640. The molecule has 0 heterocycles. The van der Waals surface area contributed by atoms with Gasteiger partial charge in [-0.25, -0.2) is 0 Å². The summed E-state index contributed by atoms with van der Waals surface area (Å²) in [5.41, 5.74) is 0. The van der Waals surface area contributed by atoms with Crippen LogP contribution in [0.5, 0.6) is 0 Å². The topological polar surface area (TPSA) is 46.4 Å². The Labute approximate surface area is 61.0 Å². The van der Waals surface area contributed by atoms with E-state index in [1.54, 1.807) is 0 Å². The summed E-state index contributed by atoms with van der Waals surface area (Å²) in [4.78, 5) is 11.7. The second kappa shape index (κ2) is 5.17. The average Bonchev–Trinajstić information content (AvgIpc) is 1.90. The highest BCUT2D eigenvalue weighted by atomic mass is 16.6. The van der Waals surface area contributed by atoms with E-state index >= 15 is 0 Å². The summed E-state index contributed by atoms with van der Waals surface area (Å²) >= 11 is 0. The van der Waals surface area contributed by atoms with Crippen LogP contribution in [-0.2, 0) is 0 Å². The first-order valence-electron chi connectivity index (χ1n) is 3.54. The minimum atomic E-state index is -0.279. The van der Waals surface area contributed by atoms with Crippen LogP contribution < -0.4 is 0 Å². The van der Waals surface area contributed by atoms with E-state index < -0.39 is 0 Å². The highest BCUT2D eigenvalue weighted by molar-refractivity contribution is 4.48. The smallest absolute Gasteiger partial charge is 0.216 e. The summed E-state index contributed by atoms with van der Waals surface area (Å²) in [5.74, 6) is 0. The molecule has 0 spiro atoms. The van der Waals surface area contributed by atoms with Gasteiger partial charge in [0.1, 0.15) is 0 Å². The lowest BCUT2D eigenvalue weighted by Gasteiger charge is -2.14. The fraction of sp³-hybridized carbons (Fsp3) is 1.00. The number of hydrogen-bond acceptors (Lipinski definition) is 3. The predicted octanol–water partition coefficient (Wildman–Crippen LogP) is 0.605. The average molecular weight is 146 g/mol. The molecule has 0 aromatic carbocycles. The summed E-state index contributed by atoms with van der Waals surface area (Å²) < 4.78 is 0. The van der Waals surface area contributed by atoms with Gasteiger partial charge in [0.25, 0.3) is 0 Å². The third-order valence-electron chi connectivity index (χ3n) is 1.49. The molecule has 60 valence electrons. The molecule has 0 saturated carbocycles. The maximum atomic E-state index is 9.91. The molecule has 0 fully saturated rings. The monoisotopic (exact) mass is 146 g/mol. The first-order valence-corrected chi connectivity index (χ1v) is 3.54. The number of nitro groups is 1. The zero-order chi connectivity index (χ0) is 7.98. The van der Waals surface area contributed by atoms with Crippen LogP contribution in [0.1, 0.15) is 13.8 Å². The molecule has 4 heteroatoms. The lowest BCUT2D eigenvalue weighted by atomic mass is 10.5. The van der Waals surface area contributed by atoms with Crippen molar-refractivity contribution in [3.8, 4) is 0 Å². The zero-order valence-corrected chi connectivity index (χ0v) is 6.54. The highest BCUT2D eigenvalue weighted by Crippen LogP contribution is 1.85. The van der Waals surface area contributed by atoms with E-state index in [0.29, 0.717) is 6.54 Å². The fourth-order valence-corrected chi connectivity index (χ4v) is 0.763. The number of rotatable bonds is 5. The van der Waals surface area contributed by atoms with Crippen LogP contribution in [0.4, 0.5) is 0 Å². The molecular formula is C6H14N2O2. The van der Waals surface area contributed by atoms with E-state index in [0.717, 1.165) is 13.1 Å². The molecule has 0 atom stereocenters. The van der Waals surface area contributed by atoms with Gasteiger partial charge in [0, 0.05) is 4.92 Å². The molecule has 10 heavy (non-hydrogen) atoms. The van der Waals surface area contributed by atoms with Gasteiger partial charge in [-0.3, -0.25) is 15.0 Å². The van der Waals surface area contributed by atoms with E-state index in [1.807, 2.05) is 18.7 Å². The van der Waals surface area contributed by atoms with E-state index in [4.69, 9.17) is 0 Å². The van der Waals surface area contributed by atoms with Crippen LogP contribution in [0.15, 0.2) is 0 Å². The second-order valence-electron chi connectivity index (χ2n) is 2.08. The van der Waals surface area contributed by atoms with Gasteiger partial charge in [-0.2, -0.15) is 0 Å². The molecule has 0 N–H and O–H groups in total. The predicted molar refractivity (Wildman–Crippen MR) is 39.6 cm³/mol. The van der Waals surface area contributed by atoms with Gasteiger partial charge in [-0.1, -0.05) is 13.8 Å². The van der Waals surface area contributed by atoms with E-state index in [-0.39, 0.29) is 11.5 Å². The van der Waals surface area contributed by atoms with Crippen molar-refractivity contribution in [2.24, 2.45) is 0 Å². The van der Waals surface area contributed by atoms with Crippen LogP contribution >= 0.6 is 0 Å². The van der Waals surface area contributed by atoms with Gasteiger partial charge >= 0.3 is 0 Å². The zero-order valence-electron chi connectivity index (χ0n) is 6.54. The molecule has 4 nitrogen and oxygen atoms in total. The molecule has 0 saturated heterocycles. The third-order valence-corrected chi connectivity index (χ3v) is 1.49. The van der Waals surface area contributed by atoms with Crippen molar-refractivity contribution in [2.75, 3.05) is 26.2 Å². The van der Waals surface area contributed by atoms with E-state index in [2.05, 4.69) is 0 Å². The minimum Gasteiger partial charge on any atom is -0.298 e. The van der Waals surface area contributed by atoms with Crippen LogP contribution in [0.25, 0.3) is 0 Å². The molecule has 0 aliphatic heterocycles. The van der Waals surface area contributed by atoms with Gasteiger partial charge in [0.05, 0.1) is 6.54 Å². The molecule has 0 aliphatic rings. The van der Waals surface area contributed by atoms with E-state index in [9.17, 15) is 10.1 Å². The van der Waals surface area contributed by atoms with Crippen molar-refractivity contribution in [3.63, 3.8) is 0 Å². The Bertz CT molecular complexity index is 102. The maximum absolute atomic E-state index is 9.91. The second-order valence-corrected chi connectivity index (χ2v) is 2.08. The lowest BCUT2D eigenvalue weighted by molar-refractivity contribution is -0.480. The number of likely N-dealkylation sites (N-methyl/N-ethyl adjacent to an activating group) is 1. The quantitative estimate of drug-likeness (QED) is 0.421. The maximum Gasteiger partial charge on any atom is 0.216 e. The summed E-state index contributed by atoms with van der Waals surface area (Å²) in [6.07, 6.45) is 0. The van der Waals surface area contributed by atoms with Gasteiger partial charge in [0.2, 0.25) is 6.54 Å². The van der Waals surface area contributed by atoms with Gasteiger partial charge in [0.15, 0.2) is 0 Å². The normalized spacial score (nSPS) is 10.3. The Morgan fingerprint density at radius 1 is 1.40 bits per heavy atom. The van der Waals surface area contributed by atoms with Gasteiger partial charge in [-0.05, 0) is 13.1 Å². The molecule has 0 rings (SSSR count). The van der Waals surface area contributed by atoms with Crippen molar-refractivity contribution in [2.45, 2.75) is 13.8 Å². The lowest BCUT2D eigenvalue weighted by Crippen LogP contribution is -2.28. The molecule has 0 unspecified atom stereocenters. The molecule has 0 bridgehead atoms.